The molecule has 0 saturated carbocycles. The fourth-order valence-electron chi connectivity index (χ4n) is 5.49. The average molecular weight is 525 g/mol. The molecule has 1 aliphatic heterocycles. The van der Waals surface area contributed by atoms with Gasteiger partial charge in [0.05, 0.1) is 0 Å². The average Bonchev–Trinajstić information content (AvgIpc) is 2.77. The van der Waals surface area contributed by atoms with Crippen molar-refractivity contribution in [3.63, 3.8) is 0 Å². The van der Waals surface area contributed by atoms with Crippen LogP contribution in [0.1, 0.15) is 121 Å². The summed E-state index contributed by atoms with van der Waals surface area (Å²) in [4.78, 5) is 0. The minimum atomic E-state index is -4.12. The minimum Gasteiger partial charge on any atom is -0.489 e. The van der Waals surface area contributed by atoms with Gasteiger partial charge in [0.1, 0.15) is 29.0 Å². The lowest BCUT2D eigenvalue weighted by atomic mass is 9.84. The van der Waals surface area contributed by atoms with Crippen molar-refractivity contribution >= 4 is 10.1 Å². The number of fused-ring (bicyclic) bond motifs is 1. The molecule has 36 heavy (non-hydrogen) atoms. The lowest BCUT2D eigenvalue weighted by Crippen LogP contribution is -2.37. The second-order valence-electron chi connectivity index (χ2n) is 12.0. The molecule has 0 aromatic heterocycles. The maximum absolute atomic E-state index is 11.6. The molecule has 3 unspecified atom stereocenters. The molecule has 0 fully saturated rings. The summed E-state index contributed by atoms with van der Waals surface area (Å²) in [5.41, 5.74) is 4.11. The van der Waals surface area contributed by atoms with Crippen molar-refractivity contribution in [2.45, 2.75) is 138 Å². The van der Waals surface area contributed by atoms with E-state index in [1.54, 1.807) is 0 Å². The third kappa shape index (κ3) is 9.24. The van der Waals surface area contributed by atoms with Gasteiger partial charge in [0.2, 0.25) is 0 Å². The van der Waals surface area contributed by atoms with Crippen LogP contribution in [0.3, 0.4) is 0 Å². The van der Waals surface area contributed by atoms with E-state index in [1.165, 1.54) is 37.7 Å². The van der Waals surface area contributed by atoms with Crippen molar-refractivity contribution in [3.8, 4) is 11.5 Å². The van der Waals surface area contributed by atoms with E-state index in [0.717, 1.165) is 72.1 Å². The molecule has 0 bridgehead atoms. The number of ether oxygens (including phenoxy) is 2. The summed E-state index contributed by atoms with van der Waals surface area (Å²) in [5.74, 6) is 2.90. The SMILES string of the molecule is CCCCC(CS(=O)(=O)O)Oc1c(C)c(C)c2c(c1C)CCC(C)(CCCC(C)CCCC(C)C)O2. The van der Waals surface area contributed by atoms with E-state index in [2.05, 4.69) is 48.5 Å². The first-order valence-corrected chi connectivity index (χ1v) is 15.8. The molecule has 0 saturated heterocycles. The van der Waals surface area contributed by atoms with Crippen molar-refractivity contribution in [1.82, 2.24) is 0 Å². The second-order valence-corrected chi connectivity index (χ2v) is 13.5. The number of hydrogen-bond donors (Lipinski definition) is 1. The van der Waals surface area contributed by atoms with Gasteiger partial charge in [-0.3, -0.25) is 4.55 Å². The third-order valence-corrected chi connectivity index (χ3v) is 8.80. The lowest BCUT2D eigenvalue weighted by Gasteiger charge is -2.39. The Hall–Kier alpha value is -1.27. The van der Waals surface area contributed by atoms with Crippen LogP contribution in [0.4, 0.5) is 0 Å². The highest BCUT2D eigenvalue weighted by atomic mass is 32.2. The Kier molecular flexibility index (Phi) is 11.6. The molecule has 1 aromatic carbocycles. The van der Waals surface area contributed by atoms with Gasteiger partial charge in [-0.1, -0.05) is 66.2 Å². The van der Waals surface area contributed by atoms with Crippen molar-refractivity contribution < 1.29 is 22.4 Å². The highest BCUT2D eigenvalue weighted by molar-refractivity contribution is 7.85. The molecule has 0 aliphatic carbocycles. The van der Waals surface area contributed by atoms with Crippen LogP contribution in [-0.2, 0) is 16.5 Å². The Morgan fingerprint density at radius 1 is 0.972 bits per heavy atom. The monoisotopic (exact) mass is 524 g/mol. The molecular weight excluding hydrogens is 472 g/mol. The van der Waals surface area contributed by atoms with Gasteiger partial charge in [0, 0.05) is 5.56 Å². The number of unbranched alkanes of at least 4 members (excludes halogenated alkanes) is 1. The zero-order valence-electron chi connectivity index (χ0n) is 24.2. The normalized spacial score (nSPS) is 19.6. The minimum absolute atomic E-state index is 0.161. The van der Waals surface area contributed by atoms with E-state index in [1.807, 2.05) is 6.92 Å². The molecular formula is C30H52O5S. The predicted molar refractivity (Wildman–Crippen MR) is 150 cm³/mol. The van der Waals surface area contributed by atoms with E-state index >= 15 is 0 Å². The van der Waals surface area contributed by atoms with Crippen molar-refractivity contribution in [2.24, 2.45) is 11.8 Å². The third-order valence-electron chi connectivity index (χ3n) is 8.00. The van der Waals surface area contributed by atoms with Gasteiger partial charge in [0.25, 0.3) is 10.1 Å². The molecule has 3 atom stereocenters. The summed E-state index contributed by atoms with van der Waals surface area (Å²) in [6.45, 7) is 17.4. The van der Waals surface area contributed by atoms with E-state index in [0.29, 0.717) is 6.42 Å². The van der Waals surface area contributed by atoms with Crippen LogP contribution < -0.4 is 9.47 Å². The van der Waals surface area contributed by atoms with Crippen LogP contribution in [-0.4, -0.2) is 30.4 Å². The van der Waals surface area contributed by atoms with Gasteiger partial charge in [-0.25, -0.2) is 0 Å². The summed E-state index contributed by atoms with van der Waals surface area (Å²) in [6.07, 6.45) is 11.2. The zero-order valence-corrected chi connectivity index (χ0v) is 25.0. The van der Waals surface area contributed by atoms with Crippen LogP contribution >= 0.6 is 0 Å². The molecule has 5 nitrogen and oxygen atoms in total. The number of benzene rings is 1. The standard InChI is InChI=1S/C30H52O5S/c1-9-10-16-26(20-36(31,32)33)34-28-23(5)24(6)29-27(25(28)7)17-19-30(8,35-29)18-12-15-22(4)14-11-13-21(2)3/h21-22,26H,9-20H2,1-8H3,(H,31,32,33). The Bertz CT molecular complexity index is 953. The number of hydrogen-bond acceptors (Lipinski definition) is 4. The van der Waals surface area contributed by atoms with Crippen molar-refractivity contribution in [1.29, 1.82) is 0 Å². The Balaban J connectivity index is 2.12. The first kappa shape index (κ1) is 31.0. The van der Waals surface area contributed by atoms with E-state index < -0.39 is 16.2 Å². The molecule has 0 radical (unpaired) electrons. The fourth-order valence-corrected chi connectivity index (χ4v) is 6.19. The lowest BCUT2D eigenvalue weighted by molar-refractivity contribution is 0.0510. The molecule has 1 aliphatic rings. The molecule has 2 rings (SSSR count). The summed E-state index contributed by atoms with van der Waals surface area (Å²) >= 11 is 0. The van der Waals surface area contributed by atoms with E-state index in [9.17, 15) is 13.0 Å². The maximum atomic E-state index is 11.6. The van der Waals surface area contributed by atoms with E-state index in [-0.39, 0.29) is 11.4 Å². The molecule has 0 amide bonds. The van der Waals surface area contributed by atoms with Gasteiger partial charge in [-0.05, 0) is 88.3 Å². The second kappa shape index (κ2) is 13.5. The zero-order chi connectivity index (χ0) is 27.1. The summed E-state index contributed by atoms with van der Waals surface area (Å²) in [6, 6.07) is 0. The van der Waals surface area contributed by atoms with Gasteiger partial charge < -0.3 is 9.47 Å². The van der Waals surface area contributed by atoms with Gasteiger partial charge in [0.15, 0.2) is 0 Å². The van der Waals surface area contributed by atoms with Crippen LogP contribution in [0.25, 0.3) is 0 Å². The van der Waals surface area contributed by atoms with Crippen LogP contribution in [0, 0.1) is 32.6 Å². The Labute approximate surface area is 221 Å². The van der Waals surface area contributed by atoms with Gasteiger partial charge >= 0.3 is 0 Å². The molecule has 1 heterocycles. The fraction of sp³-hybridized carbons (Fsp3) is 0.800. The van der Waals surface area contributed by atoms with Crippen LogP contribution in [0.15, 0.2) is 0 Å². The highest BCUT2D eigenvalue weighted by Gasteiger charge is 2.35. The summed E-state index contributed by atoms with van der Waals surface area (Å²) < 4.78 is 45.7. The smallest absolute Gasteiger partial charge is 0.268 e. The first-order valence-electron chi connectivity index (χ1n) is 14.2. The maximum Gasteiger partial charge on any atom is 0.268 e. The summed E-state index contributed by atoms with van der Waals surface area (Å²) in [5, 5.41) is 0. The Morgan fingerprint density at radius 3 is 2.25 bits per heavy atom. The molecule has 208 valence electrons. The van der Waals surface area contributed by atoms with Crippen molar-refractivity contribution in [3.05, 3.63) is 22.3 Å². The van der Waals surface area contributed by atoms with Crippen LogP contribution in [0.2, 0.25) is 0 Å². The topological polar surface area (TPSA) is 72.8 Å². The molecule has 1 N–H and O–H groups in total. The first-order chi connectivity index (χ1) is 16.8. The summed E-state index contributed by atoms with van der Waals surface area (Å²) in [7, 11) is -4.12. The van der Waals surface area contributed by atoms with E-state index in [4.69, 9.17) is 9.47 Å². The molecule has 1 aromatic rings. The molecule has 0 spiro atoms. The number of rotatable bonds is 15. The Morgan fingerprint density at radius 2 is 1.64 bits per heavy atom. The predicted octanol–water partition coefficient (Wildman–Crippen LogP) is 8.15. The molecule has 6 heteroatoms. The van der Waals surface area contributed by atoms with Gasteiger partial charge in [-0.15, -0.1) is 0 Å². The van der Waals surface area contributed by atoms with Crippen molar-refractivity contribution in [2.75, 3.05) is 5.75 Å². The largest absolute Gasteiger partial charge is 0.489 e. The quantitative estimate of drug-likeness (QED) is 0.234. The highest BCUT2D eigenvalue weighted by Crippen LogP contribution is 2.45. The van der Waals surface area contributed by atoms with Crippen LogP contribution in [0.5, 0.6) is 11.5 Å². The van der Waals surface area contributed by atoms with Gasteiger partial charge in [-0.2, -0.15) is 8.42 Å².